The lowest BCUT2D eigenvalue weighted by molar-refractivity contribution is -0.158. The van der Waals surface area contributed by atoms with Crippen molar-refractivity contribution in [1.82, 2.24) is 9.88 Å². The summed E-state index contributed by atoms with van der Waals surface area (Å²) in [5.74, 6) is 2.79. The van der Waals surface area contributed by atoms with E-state index in [1.807, 2.05) is 0 Å². The van der Waals surface area contributed by atoms with Gasteiger partial charge in [-0.25, -0.2) is 9.78 Å². The first kappa shape index (κ1) is 20.8. The van der Waals surface area contributed by atoms with Crippen molar-refractivity contribution >= 4 is 23.2 Å². The first-order valence-electron chi connectivity index (χ1n) is 11.3. The molecule has 0 N–H and O–H groups in total. The van der Waals surface area contributed by atoms with Crippen molar-refractivity contribution in [2.45, 2.75) is 72.3 Å². The quantitative estimate of drug-likeness (QED) is 0.563. The smallest absolute Gasteiger partial charge is 0.357 e. The molecule has 5 rings (SSSR count). The van der Waals surface area contributed by atoms with Crippen LogP contribution in [0.3, 0.4) is 0 Å². The van der Waals surface area contributed by atoms with Crippen LogP contribution in [0.15, 0.2) is 5.38 Å². The van der Waals surface area contributed by atoms with E-state index in [0.29, 0.717) is 30.7 Å². The molecule has 0 saturated heterocycles. The molecule has 0 aromatic carbocycles. The minimum Gasteiger partial charge on any atom is -0.461 e. The van der Waals surface area contributed by atoms with Crippen LogP contribution in [-0.4, -0.2) is 34.9 Å². The Morgan fingerprint density at radius 2 is 1.83 bits per heavy atom. The highest BCUT2D eigenvalue weighted by molar-refractivity contribution is 7.09. The maximum atomic E-state index is 13.9. The average molecular weight is 419 g/mol. The molecule has 1 aromatic heterocycles. The Labute approximate surface area is 178 Å². The van der Waals surface area contributed by atoms with E-state index < -0.39 is 0 Å². The Kier molecular flexibility index (Phi) is 6.01. The fourth-order valence-corrected chi connectivity index (χ4v) is 7.00. The predicted octanol–water partition coefficient (Wildman–Crippen LogP) is 4.91. The first-order chi connectivity index (χ1) is 13.9. The summed E-state index contributed by atoms with van der Waals surface area (Å²) in [6.45, 7) is 7.83. The number of hydrogen-bond donors (Lipinski definition) is 0. The Morgan fingerprint density at radius 1 is 1.21 bits per heavy atom. The monoisotopic (exact) mass is 418 g/mol. The number of amides is 1. The van der Waals surface area contributed by atoms with E-state index in [1.54, 1.807) is 12.3 Å². The maximum Gasteiger partial charge on any atom is 0.357 e. The second kappa shape index (κ2) is 8.37. The van der Waals surface area contributed by atoms with E-state index >= 15 is 0 Å². The highest BCUT2D eigenvalue weighted by Crippen LogP contribution is 2.60. The summed E-state index contributed by atoms with van der Waals surface area (Å²) >= 11 is 1.45. The van der Waals surface area contributed by atoms with Crippen molar-refractivity contribution in [1.29, 1.82) is 0 Å². The largest absolute Gasteiger partial charge is 0.461 e. The predicted molar refractivity (Wildman–Crippen MR) is 114 cm³/mol. The van der Waals surface area contributed by atoms with Gasteiger partial charge >= 0.3 is 5.97 Å². The zero-order valence-electron chi connectivity index (χ0n) is 18.0. The Balaban J connectivity index is 1.51. The van der Waals surface area contributed by atoms with Crippen LogP contribution < -0.4 is 0 Å². The van der Waals surface area contributed by atoms with Crippen molar-refractivity contribution in [3.63, 3.8) is 0 Å². The summed E-state index contributed by atoms with van der Waals surface area (Å²) in [7, 11) is 0. The molecule has 0 spiro atoms. The average Bonchev–Trinajstić information content (AvgIpc) is 3.12. The van der Waals surface area contributed by atoms with E-state index in [-0.39, 0.29) is 11.4 Å². The van der Waals surface area contributed by atoms with Gasteiger partial charge in [-0.05, 0) is 75.5 Å². The van der Waals surface area contributed by atoms with Gasteiger partial charge in [0.05, 0.1) is 18.6 Å². The Morgan fingerprint density at radius 3 is 2.38 bits per heavy atom. The third kappa shape index (κ3) is 4.37. The fraction of sp³-hybridized carbons (Fsp3) is 0.783. The number of aromatic nitrogens is 1. The van der Waals surface area contributed by atoms with Crippen LogP contribution in [0.1, 0.15) is 81.2 Å². The number of nitrogens with zero attached hydrogens (tertiary/aromatic N) is 2. The molecular formula is C23H34N2O3S. The van der Waals surface area contributed by atoms with Crippen LogP contribution in [0.25, 0.3) is 0 Å². The summed E-state index contributed by atoms with van der Waals surface area (Å²) in [5, 5.41) is 2.58. The van der Waals surface area contributed by atoms with Crippen molar-refractivity contribution in [2.24, 2.45) is 29.1 Å². The van der Waals surface area contributed by atoms with E-state index in [9.17, 15) is 9.59 Å². The second-order valence-electron chi connectivity index (χ2n) is 9.95. The zero-order chi connectivity index (χ0) is 20.6. The van der Waals surface area contributed by atoms with Gasteiger partial charge in [0.15, 0.2) is 5.69 Å². The number of esters is 1. The van der Waals surface area contributed by atoms with E-state index in [4.69, 9.17) is 4.74 Å². The number of carbonyl (C=O) groups is 2. The third-order valence-corrected chi connectivity index (χ3v) is 7.95. The fourth-order valence-electron chi connectivity index (χ4n) is 6.22. The van der Waals surface area contributed by atoms with Gasteiger partial charge in [-0.3, -0.25) is 4.79 Å². The minimum atomic E-state index is -0.379. The highest BCUT2D eigenvalue weighted by Gasteiger charge is 2.55. The van der Waals surface area contributed by atoms with Gasteiger partial charge in [-0.1, -0.05) is 13.8 Å². The molecule has 4 aliphatic rings. The lowest BCUT2D eigenvalue weighted by Gasteiger charge is -2.56. The van der Waals surface area contributed by atoms with Crippen LogP contribution in [0.4, 0.5) is 0 Å². The normalized spacial score (nSPS) is 30.0. The number of rotatable bonds is 8. The third-order valence-electron chi connectivity index (χ3n) is 7.12. The van der Waals surface area contributed by atoms with Gasteiger partial charge in [0, 0.05) is 11.9 Å². The summed E-state index contributed by atoms with van der Waals surface area (Å²) in [6.07, 6.45) is 8.27. The molecular weight excluding hydrogens is 384 g/mol. The van der Waals surface area contributed by atoms with Crippen LogP contribution in [0.5, 0.6) is 0 Å². The molecule has 29 heavy (non-hydrogen) atoms. The molecule has 0 unspecified atom stereocenters. The van der Waals surface area contributed by atoms with Gasteiger partial charge in [0.1, 0.15) is 5.01 Å². The molecule has 4 saturated carbocycles. The van der Waals surface area contributed by atoms with E-state index in [2.05, 4.69) is 23.7 Å². The number of carbonyl (C=O) groups excluding carboxylic acids is 2. The number of hydrogen-bond acceptors (Lipinski definition) is 5. The van der Waals surface area contributed by atoms with Gasteiger partial charge in [-0.2, -0.15) is 0 Å². The van der Waals surface area contributed by atoms with Crippen LogP contribution >= 0.6 is 11.3 Å². The zero-order valence-corrected chi connectivity index (χ0v) is 18.8. The number of ether oxygens (including phenoxy) is 1. The molecule has 1 aromatic rings. The first-order valence-corrected chi connectivity index (χ1v) is 12.2. The van der Waals surface area contributed by atoms with E-state index in [1.165, 1.54) is 30.6 Å². The lowest BCUT2D eigenvalue weighted by atomic mass is 9.49. The summed E-state index contributed by atoms with van der Waals surface area (Å²) in [5.41, 5.74) is 0.227. The topological polar surface area (TPSA) is 59.5 Å². The Bertz CT molecular complexity index is 722. The van der Waals surface area contributed by atoms with Gasteiger partial charge in [-0.15, -0.1) is 11.3 Å². The molecule has 0 radical (unpaired) electrons. The summed E-state index contributed by atoms with van der Waals surface area (Å²) < 4.78 is 5.06. The van der Waals surface area contributed by atoms with Crippen LogP contribution in [0.2, 0.25) is 0 Å². The maximum absolute atomic E-state index is 13.9. The second-order valence-corrected chi connectivity index (χ2v) is 10.9. The molecule has 0 atom stereocenters. The standard InChI is InChI=1S/C23H34N2O3S/c1-4-28-21(26)19-14-29-20(24-19)13-25(6-5-15(2)3)22(27)23-10-16-7-17(11-23)9-18(8-16)12-23/h14-18H,4-13H2,1-3H3. The van der Waals surface area contributed by atoms with Crippen molar-refractivity contribution in [3.8, 4) is 0 Å². The van der Waals surface area contributed by atoms with Gasteiger partial charge in [0.25, 0.3) is 0 Å². The van der Waals surface area contributed by atoms with Crippen LogP contribution in [0, 0.1) is 29.1 Å². The lowest BCUT2D eigenvalue weighted by Crippen LogP contribution is -2.54. The molecule has 4 bridgehead atoms. The van der Waals surface area contributed by atoms with Crippen molar-refractivity contribution < 1.29 is 14.3 Å². The highest BCUT2D eigenvalue weighted by atomic mass is 32.1. The van der Waals surface area contributed by atoms with Crippen LogP contribution in [-0.2, 0) is 16.1 Å². The SMILES string of the molecule is CCOC(=O)c1csc(CN(CCC(C)C)C(=O)C23CC4CC(CC(C4)C2)C3)n1. The number of thiazole rings is 1. The molecule has 1 heterocycles. The Hall–Kier alpha value is -1.43. The van der Waals surface area contributed by atoms with Gasteiger partial charge in [0.2, 0.25) is 5.91 Å². The molecule has 4 aliphatic carbocycles. The van der Waals surface area contributed by atoms with E-state index in [0.717, 1.165) is 55.0 Å². The molecule has 5 nitrogen and oxygen atoms in total. The summed E-state index contributed by atoms with van der Waals surface area (Å²) in [6, 6.07) is 0. The molecule has 160 valence electrons. The van der Waals surface area contributed by atoms with Gasteiger partial charge < -0.3 is 9.64 Å². The molecule has 4 fully saturated rings. The van der Waals surface area contributed by atoms with Crippen molar-refractivity contribution in [2.75, 3.05) is 13.2 Å². The van der Waals surface area contributed by atoms with Crippen molar-refractivity contribution in [3.05, 3.63) is 16.1 Å². The molecule has 6 heteroatoms. The summed E-state index contributed by atoms with van der Waals surface area (Å²) in [4.78, 5) is 32.4. The molecule has 0 aliphatic heterocycles. The molecule has 1 amide bonds. The minimum absolute atomic E-state index is 0.132.